The van der Waals surface area contributed by atoms with E-state index in [1.807, 2.05) is 0 Å². The maximum absolute atomic E-state index is 12.4. The van der Waals surface area contributed by atoms with Crippen LogP contribution in [0.3, 0.4) is 0 Å². The van der Waals surface area contributed by atoms with Gasteiger partial charge in [0.15, 0.2) is 0 Å². The molecule has 0 bridgehead atoms. The molecule has 0 radical (unpaired) electrons. The number of nitrogens with one attached hydrogen (secondary N) is 3. The van der Waals surface area contributed by atoms with Gasteiger partial charge in [0.2, 0.25) is 15.9 Å². The Bertz CT molecular complexity index is 610. The van der Waals surface area contributed by atoms with Crippen molar-refractivity contribution in [3.05, 3.63) is 16.7 Å². The Morgan fingerprint density at radius 2 is 2.25 bits per heavy atom. The van der Waals surface area contributed by atoms with Crippen molar-refractivity contribution in [2.24, 2.45) is 0 Å². The summed E-state index contributed by atoms with van der Waals surface area (Å²) in [6.45, 7) is 0.300. The number of hydrogen-bond acceptors (Lipinski definition) is 5. The first-order chi connectivity index (χ1) is 9.42. The third kappa shape index (κ3) is 3.47. The maximum Gasteiger partial charge on any atom is 0.244 e. The van der Waals surface area contributed by atoms with E-state index in [0.29, 0.717) is 23.9 Å². The summed E-state index contributed by atoms with van der Waals surface area (Å²) in [5.74, 6) is 0.223. The molecule has 9 heteroatoms. The minimum Gasteiger partial charge on any atom is -0.372 e. The quantitative estimate of drug-likeness (QED) is 0.721. The molecule has 2 heterocycles. The number of pyridine rings is 1. The summed E-state index contributed by atoms with van der Waals surface area (Å²) >= 11 is 3.21. The summed E-state index contributed by atoms with van der Waals surface area (Å²) < 4.78 is 27.9. The molecule has 1 aliphatic heterocycles. The minimum absolute atomic E-state index is 0.0551. The SMILES string of the molecule is CNc1ncc(Br)cc1S(=O)(=O)NC1CCC(=O)NC1. The highest BCUT2D eigenvalue weighted by Gasteiger charge is 2.26. The largest absolute Gasteiger partial charge is 0.372 e. The molecule has 0 aliphatic carbocycles. The molecule has 1 atom stereocenters. The van der Waals surface area contributed by atoms with Crippen molar-refractivity contribution in [2.75, 3.05) is 18.9 Å². The number of carbonyl (C=O) groups excluding carboxylic acids is 1. The van der Waals surface area contributed by atoms with Crippen molar-refractivity contribution in [2.45, 2.75) is 23.8 Å². The summed E-state index contributed by atoms with van der Waals surface area (Å²) in [6, 6.07) is 1.18. The summed E-state index contributed by atoms with van der Waals surface area (Å²) in [5.41, 5.74) is 0. The molecule has 2 rings (SSSR count). The Morgan fingerprint density at radius 3 is 2.85 bits per heavy atom. The first-order valence-electron chi connectivity index (χ1n) is 6.04. The van der Waals surface area contributed by atoms with Crippen molar-refractivity contribution < 1.29 is 13.2 Å². The second-order valence-corrected chi connectivity index (χ2v) is 7.01. The zero-order valence-corrected chi connectivity index (χ0v) is 13.2. The van der Waals surface area contributed by atoms with Crippen LogP contribution in [0.2, 0.25) is 0 Å². The predicted molar refractivity (Wildman–Crippen MR) is 77.8 cm³/mol. The molecule has 1 aromatic rings. The van der Waals surface area contributed by atoms with E-state index < -0.39 is 10.0 Å². The van der Waals surface area contributed by atoms with Crippen LogP contribution in [0.1, 0.15) is 12.8 Å². The highest BCUT2D eigenvalue weighted by atomic mass is 79.9. The average Bonchev–Trinajstić information content (AvgIpc) is 2.41. The van der Waals surface area contributed by atoms with Gasteiger partial charge < -0.3 is 10.6 Å². The van der Waals surface area contributed by atoms with E-state index >= 15 is 0 Å². The number of hydrogen-bond donors (Lipinski definition) is 3. The van der Waals surface area contributed by atoms with Crippen molar-refractivity contribution in [3.63, 3.8) is 0 Å². The van der Waals surface area contributed by atoms with Crippen LogP contribution in [0.4, 0.5) is 5.82 Å². The second-order valence-electron chi connectivity index (χ2n) is 4.41. The molecular formula is C11H15BrN4O3S. The van der Waals surface area contributed by atoms with Gasteiger partial charge in [-0.3, -0.25) is 4.79 Å². The molecule has 7 nitrogen and oxygen atoms in total. The van der Waals surface area contributed by atoms with Crippen LogP contribution in [0, 0.1) is 0 Å². The monoisotopic (exact) mass is 362 g/mol. The van der Waals surface area contributed by atoms with E-state index in [1.165, 1.54) is 12.3 Å². The molecule has 0 spiro atoms. The molecule has 1 unspecified atom stereocenters. The van der Waals surface area contributed by atoms with Gasteiger partial charge in [-0.15, -0.1) is 0 Å². The zero-order valence-electron chi connectivity index (χ0n) is 10.8. The number of aromatic nitrogens is 1. The molecule has 3 N–H and O–H groups in total. The average molecular weight is 363 g/mol. The lowest BCUT2D eigenvalue weighted by molar-refractivity contribution is -0.122. The molecule has 110 valence electrons. The molecular weight excluding hydrogens is 348 g/mol. The normalized spacial score (nSPS) is 19.5. The van der Waals surface area contributed by atoms with Crippen LogP contribution in [0.5, 0.6) is 0 Å². The Morgan fingerprint density at radius 1 is 1.50 bits per heavy atom. The summed E-state index contributed by atoms with van der Waals surface area (Å²) in [7, 11) is -2.09. The fourth-order valence-corrected chi connectivity index (χ4v) is 3.87. The lowest BCUT2D eigenvalue weighted by atomic mass is 10.1. The smallest absolute Gasteiger partial charge is 0.244 e. The molecule has 1 amide bonds. The fourth-order valence-electron chi connectivity index (χ4n) is 1.93. The molecule has 1 aromatic heterocycles. The van der Waals surface area contributed by atoms with E-state index in [2.05, 4.69) is 36.3 Å². The van der Waals surface area contributed by atoms with Gasteiger partial charge in [-0.05, 0) is 28.4 Å². The van der Waals surface area contributed by atoms with Crippen LogP contribution in [-0.4, -0.2) is 38.9 Å². The molecule has 1 saturated heterocycles. The standard InChI is InChI=1S/C11H15BrN4O3S/c1-13-11-9(4-7(12)5-15-11)20(18,19)16-8-2-3-10(17)14-6-8/h4-5,8,16H,2-3,6H2,1H3,(H,13,15)(H,14,17). The molecule has 0 aromatic carbocycles. The van der Waals surface area contributed by atoms with Gasteiger partial charge in [0.25, 0.3) is 0 Å². The highest BCUT2D eigenvalue weighted by molar-refractivity contribution is 9.10. The lowest BCUT2D eigenvalue weighted by Crippen LogP contribution is -2.47. The van der Waals surface area contributed by atoms with Gasteiger partial charge in [-0.1, -0.05) is 0 Å². The van der Waals surface area contributed by atoms with Gasteiger partial charge in [0, 0.05) is 36.7 Å². The van der Waals surface area contributed by atoms with Crippen molar-refractivity contribution in [1.82, 2.24) is 15.0 Å². The first-order valence-corrected chi connectivity index (χ1v) is 8.32. The van der Waals surface area contributed by atoms with Crippen LogP contribution in [-0.2, 0) is 14.8 Å². The summed E-state index contributed by atoms with van der Waals surface area (Å²) in [4.78, 5) is 15.2. The van der Waals surface area contributed by atoms with Gasteiger partial charge in [-0.2, -0.15) is 0 Å². The number of sulfonamides is 1. The Balaban J connectivity index is 2.22. The molecule has 1 aliphatic rings. The number of carbonyl (C=O) groups is 1. The highest BCUT2D eigenvalue weighted by Crippen LogP contribution is 2.23. The van der Waals surface area contributed by atoms with Gasteiger partial charge >= 0.3 is 0 Å². The van der Waals surface area contributed by atoms with E-state index in [1.54, 1.807) is 7.05 Å². The number of anilines is 1. The number of nitrogens with zero attached hydrogens (tertiary/aromatic N) is 1. The van der Waals surface area contributed by atoms with E-state index in [-0.39, 0.29) is 22.7 Å². The van der Waals surface area contributed by atoms with E-state index in [0.717, 1.165) is 0 Å². The maximum atomic E-state index is 12.4. The third-order valence-corrected chi connectivity index (χ3v) is 4.90. The van der Waals surface area contributed by atoms with Gasteiger partial charge in [0.1, 0.15) is 10.7 Å². The molecule has 1 fully saturated rings. The Labute approximate surface area is 125 Å². The number of rotatable bonds is 4. The number of amides is 1. The van der Waals surface area contributed by atoms with Crippen LogP contribution in [0.15, 0.2) is 21.6 Å². The zero-order chi connectivity index (χ0) is 14.8. The summed E-state index contributed by atoms with van der Waals surface area (Å²) in [5, 5.41) is 5.39. The lowest BCUT2D eigenvalue weighted by Gasteiger charge is -2.23. The van der Waals surface area contributed by atoms with Gasteiger partial charge in [-0.25, -0.2) is 18.1 Å². The van der Waals surface area contributed by atoms with Crippen molar-refractivity contribution in [1.29, 1.82) is 0 Å². The number of halogens is 1. The topological polar surface area (TPSA) is 100 Å². The fraction of sp³-hybridized carbons (Fsp3) is 0.455. The van der Waals surface area contributed by atoms with Gasteiger partial charge in [0.05, 0.1) is 0 Å². The van der Waals surface area contributed by atoms with E-state index in [9.17, 15) is 13.2 Å². The van der Waals surface area contributed by atoms with Crippen LogP contribution >= 0.6 is 15.9 Å². The minimum atomic E-state index is -3.70. The number of piperidine rings is 1. The third-order valence-electron chi connectivity index (χ3n) is 2.93. The Kier molecular flexibility index (Phi) is 4.61. The van der Waals surface area contributed by atoms with Crippen LogP contribution < -0.4 is 15.4 Å². The predicted octanol–water partition coefficient (Wildman–Crippen LogP) is 0.443. The molecule has 0 saturated carbocycles. The van der Waals surface area contributed by atoms with Crippen molar-refractivity contribution in [3.8, 4) is 0 Å². The summed E-state index contributed by atoms with van der Waals surface area (Å²) in [6.07, 6.45) is 2.33. The van der Waals surface area contributed by atoms with E-state index in [4.69, 9.17) is 0 Å². The first kappa shape index (κ1) is 15.2. The van der Waals surface area contributed by atoms with Crippen LogP contribution in [0.25, 0.3) is 0 Å². The molecule has 20 heavy (non-hydrogen) atoms. The second kappa shape index (κ2) is 6.06. The van der Waals surface area contributed by atoms with Crippen molar-refractivity contribution >= 4 is 37.7 Å². The Hall–Kier alpha value is -1.19.